The molecule has 2 amide bonds. The summed E-state index contributed by atoms with van der Waals surface area (Å²) < 4.78 is 13.4. The Morgan fingerprint density at radius 3 is 2.57 bits per heavy atom. The Morgan fingerprint density at radius 1 is 1.21 bits per heavy atom. The average Bonchev–Trinajstić information content (AvgIpc) is 2.74. The molecule has 2 aliphatic carbocycles. The SMILES string of the molecule is NN1C(=O)C2C3CC(F)C(C3)C2C1=O. The van der Waals surface area contributed by atoms with Crippen LogP contribution in [0.25, 0.3) is 0 Å². The molecule has 3 fully saturated rings. The van der Waals surface area contributed by atoms with Gasteiger partial charge in [0.15, 0.2) is 0 Å². The van der Waals surface area contributed by atoms with Crippen molar-refractivity contribution in [2.24, 2.45) is 29.5 Å². The van der Waals surface area contributed by atoms with Gasteiger partial charge in [-0.3, -0.25) is 9.59 Å². The van der Waals surface area contributed by atoms with E-state index in [0.717, 1.165) is 0 Å². The smallest absolute Gasteiger partial charge is 0.247 e. The van der Waals surface area contributed by atoms with Crippen molar-refractivity contribution in [3.05, 3.63) is 0 Å². The normalized spacial score (nSPS) is 50.4. The molecule has 1 aliphatic heterocycles. The second kappa shape index (κ2) is 2.34. The third-order valence-electron chi connectivity index (χ3n) is 3.97. The highest BCUT2D eigenvalue weighted by atomic mass is 19.1. The van der Waals surface area contributed by atoms with Gasteiger partial charge in [-0.1, -0.05) is 0 Å². The standard InChI is InChI=1S/C9H11FN2O2/c10-5-2-3-1-4(5)7-6(3)8(13)12(11)9(7)14/h3-7H,1-2,11H2. The third-order valence-corrected chi connectivity index (χ3v) is 3.97. The van der Waals surface area contributed by atoms with Crippen molar-refractivity contribution in [3.8, 4) is 0 Å². The van der Waals surface area contributed by atoms with Crippen molar-refractivity contribution >= 4 is 11.8 Å². The third kappa shape index (κ3) is 0.728. The largest absolute Gasteiger partial charge is 0.273 e. The van der Waals surface area contributed by atoms with Crippen LogP contribution in [0.15, 0.2) is 0 Å². The molecule has 5 atom stereocenters. The first-order chi connectivity index (χ1) is 6.61. The Kier molecular flexibility index (Phi) is 1.39. The van der Waals surface area contributed by atoms with Crippen LogP contribution in [0.2, 0.25) is 0 Å². The van der Waals surface area contributed by atoms with E-state index >= 15 is 0 Å². The quantitative estimate of drug-likeness (QED) is 0.334. The number of imide groups is 1. The van der Waals surface area contributed by atoms with Crippen molar-refractivity contribution in [1.82, 2.24) is 5.01 Å². The first-order valence-electron chi connectivity index (χ1n) is 4.88. The molecule has 0 radical (unpaired) electrons. The number of carbonyl (C=O) groups excluding carboxylic acids is 2. The van der Waals surface area contributed by atoms with Gasteiger partial charge in [0.25, 0.3) is 0 Å². The van der Waals surface area contributed by atoms with Crippen molar-refractivity contribution in [2.75, 3.05) is 0 Å². The van der Waals surface area contributed by atoms with Crippen LogP contribution in [-0.4, -0.2) is 23.0 Å². The Hall–Kier alpha value is -0.970. The summed E-state index contributed by atoms with van der Waals surface area (Å²) in [5.74, 6) is 3.65. The second-order valence-electron chi connectivity index (χ2n) is 4.51. The molecule has 2 bridgehead atoms. The van der Waals surface area contributed by atoms with Gasteiger partial charge < -0.3 is 0 Å². The molecule has 1 heterocycles. The maximum atomic E-state index is 13.4. The molecule has 0 aromatic rings. The first kappa shape index (κ1) is 8.35. The van der Waals surface area contributed by atoms with Crippen LogP contribution in [-0.2, 0) is 9.59 Å². The van der Waals surface area contributed by atoms with Gasteiger partial charge in [0.1, 0.15) is 6.17 Å². The minimum Gasteiger partial charge on any atom is -0.273 e. The summed E-state index contributed by atoms with van der Waals surface area (Å²) >= 11 is 0. The average molecular weight is 198 g/mol. The predicted octanol–water partition coefficient (Wildman–Crippen LogP) is -0.161. The van der Waals surface area contributed by atoms with Gasteiger partial charge in [0.2, 0.25) is 11.8 Å². The zero-order valence-corrected chi connectivity index (χ0v) is 7.52. The summed E-state index contributed by atoms with van der Waals surface area (Å²) in [7, 11) is 0. The number of fused-ring (bicyclic) bond motifs is 5. The number of alkyl halides is 1. The molecule has 2 N–H and O–H groups in total. The van der Waals surface area contributed by atoms with E-state index in [4.69, 9.17) is 5.84 Å². The molecule has 0 aromatic heterocycles. The fraction of sp³-hybridized carbons (Fsp3) is 0.778. The lowest BCUT2D eigenvalue weighted by Gasteiger charge is -2.22. The van der Waals surface area contributed by atoms with E-state index in [1.165, 1.54) is 0 Å². The van der Waals surface area contributed by atoms with E-state index in [2.05, 4.69) is 0 Å². The summed E-state index contributed by atoms with van der Waals surface area (Å²) in [6.45, 7) is 0. The lowest BCUT2D eigenvalue weighted by atomic mass is 9.80. The van der Waals surface area contributed by atoms with E-state index in [1.807, 2.05) is 0 Å². The maximum Gasteiger partial charge on any atom is 0.247 e. The van der Waals surface area contributed by atoms with E-state index in [0.29, 0.717) is 17.9 Å². The molecule has 0 aromatic carbocycles. The molecule has 1 saturated heterocycles. The van der Waals surface area contributed by atoms with E-state index in [-0.39, 0.29) is 29.6 Å². The molecule has 2 saturated carbocycles. The number of amides is 2. The Balaban J connectivity index is 2.01. The van der Waals surface area contributed by atoms with Gasteiger partial charge in [0, 0.05) is 5.92 Å². The Morgan fingerprint density at radius 2 is 1.86 bits per heavy atom. The van der Waals surface area contributed by atoms with Gasteiger partial charge >= 0.3 is 0 Å². The lowest BCUT2D eigenvalue weighted by Crippen LogP contribution is -2.39. The zero-order chi connectivity index (χ0) is 10.0. The minimum absolute atomic E-state index is 0.0463. The van der Waals surface area contributed by atoms with Crippen molar-refractivity contribution in [1.29, 1.82) is 0 Å². The number of hydrazine groups is 1. The minimum atomic E-state index is -0.913. The number of hydrogen-bond donors (Lipinski definition) is 1. The number of rotatable bonds is 0. The van der Waals surface area contributed by atoms with Crippen LogP contribution in [0.5, 0.6) is 0 Å². The van der Waals surface area contributed by atoms with E-state index < -0.39 is 12.1 Å². The first-order valence-corrected chi connectivity index (χ1v) is 4.88. The van der Waals surface area contributed by atoms with E-state index in [1.54, 1.807) is 0 Å². The van der Waals surface area contributed by atoms with E-state index in [9.17, 15) is 14.0 Å². The van der Waals surface area contributed by atoms with Crippen molar-refractivity contribution in [2.45, 2.75) is 19.0 Å². The molecule has 76 valence electrons. The van der Waals surface area contributed by atoms with Crippen LogP contribution < -0.4 is 5.84 Å². The Labute approximate surface area is 80.2 Å². The van der Waals surface area contributed by atoms with Gasteiger partial charge in [0.05, 0.1) is 11.8 Å². The number of carbonyl (C=O) groups is 2. The topological polar surface area (TPSA) is 63.4 Å². The molecule has 5 heteroatoms. The molecule has 3 aliphatic rings. The molecular formula is C9H11FN2O2. The zero-order valence-electron chi connectivity index (χ0n) is 7.52. The molecule has 14 heavy (non-hydrogen) atoms. The summed E-state index contributed by atoms with van der Waals surface area (Å²) in [6.07, 6.45) is 0.199. The summed E-state index contributed by atoms with van der Waals surface area (Å²) in [4.78, 5) is 23.1. The molecule has 0 spiro atoms. The molecule has 5 unspecified atom stereocenters. The van der Waals surface area contributed by atoms with Crippen LogP contribution in [0.4, 0.5) is 4.39 Å². The molecular weight excluding hydrogens is 187 g/mol. The van der Waals surface area contributed by atoms with Gasteiger partial charge in [-0.15, -0.1) is 0 Å². The predicted molar refractivity (Wildman–Crippen MR) is 44.1 cm³/mol. The number of halogens is 1. The van der Waals surface area contributed by atoms with Gasteiger partial charge in [-0.2, -0.15) is 0 Å². The fourth-order valence-electron chi connectivity index (χ4n) is 3.40. The second-order valence-corrected chi connectivity index (χ2v) is 4.51. The fourth-order valence-corrected chi connectivity index (χ4v) is 3.40. The number of hydrogen-bond acceptors (Lipinski definition) is 3. The van der Waals surface area contributed by atoms with Gasteiger partial charge in [-0.25, -0.2) is 15.2 Å². The van der Waals surface area contributed by atoms with Crippen LogP contribution in [0.1, 0.15) is 12.8 Å². The lowest BCUT2D eigenvalue weighted by molar-refractivity contribution is -0.141. The highest BCUT2D eigenvalue weighted by Gasteiger charge is 2.63. The summed E-state index contributed by atoms with van der Waals surface area (Å²) in [6, 6.07) is 0. The molecule has 4 nitrogen and oxygen atoms in total. The number of nitrogens with two attached hydrogens (primary N) is 1. The highest BCUT2D eigenvalue weighted by Crippen LogP contribution is 2.56. The summed E-state index contributed by atoms with van der Waals surface area (Å²) in [5.41, 5.74) is 0. The monoisotopic (exact) mass is 198 g/mol. The molecule has 3 rings (SSSR count). The summed E-state index contributed by atoms with van der Waals surface area (Å²) in [5, 5.41) is 0.687. The Bertz CT molecular complexity index is 333. The highest BCUT2D eigenvalue weighted by molar-refractivity contribution is 6.05. The van der Waals surface area contributed by atoms with Crippen molar-refractivity contribution < 1.29 is 14.0 Å². The van der Waals surface area contributed by atoms with Crippen molar-refractivity contribution in [3.63, 3.8) is 0 Å². The maximum absolute atomic E-state index is 13.4. The van der Waals surface area contributed by atoms with Gasteiger partial charge in [-0.05, 0) is 18.8 Å². The van der Waals surface area contributed by atoms with Crippen LogP contribution >= 0.6 is 0 Å². The number of nitrogens with zero attached hydrogens (tertiary/aromatic N) is 1. The van der Waals surface area contributed by atoms with Crippen LogP contribution in [0, 0.1) is 23.7 Å². The van der Waals surface area contributed by atoms with Crippen LogP contribution in [0.3, 0.4) is 0 Å².